The van der Waals surface area contributed by atoms with Crippen LogP contribution in [0.2, 0.25) is 10.0 Å². The van der Waals surface area contributed by atoms with Crippen molar-refractivity contribution in [3.63, 3.8) is 0 Å². The molecule has 0 saturated heterocycles. The quantitative estimate of drug-likeness (QED) is 0.292. The third-order valence-electron chi connectivity index (χ3n) is 5.28. The van der Waals surface area contributed by atoms with Gasteiger partial charge >= 0.3 is 0 Å². The molecule has 0 bridgehead atoms. The van der Waals surface area contributed by atoms with Gasteiger partial charge in [-0.1, -0.05) is 53.0 Å². The molecule has 180 valence electrons. The second kappa shape index (κ2) is 10.4. The van der Waals surface area contributed by atoms with Crippen molar-refractivity contribution in [1.82, 2.24) is 0 Å². The highest BCUT2D eigenvalue weighted by molar-refractivity contribution is 6.38. The summed E-state index contributed by atoms with van der Waals surface area (Å²) >= 11 is 12.4. The van der Waals surface area contributed by atoms with Gasteiger partial charge in [0.15, 0.2) is 17.4 Å². The Hall–Kier alpha value is -3.48. The summed E-state index contributed by atoms with van der Waals surface area (Å²) in [6.45, 7) is 5.94. The van der Waals surface area contributed by atoms with Crippen LogP contribution in [0.5, 0.6) is 11.5 Å². The van der Waals surface area contributed by atoms with Crippen LogP contribution in [0.15, 0.2) is 69.9 Å². The zero-order chi connectivity index (χ0) is 25.1. The van der Waals surface area contributed by atoms with Crippen molar-refractivity contribution >= 4 is 45.8 Å². The maximum atomic E-state index is 13.5. The second-order valence-electron chi connectivity index (χ2n) is 7.93. The second-order valence-corrected chi connectivity index (χ2v) is 8.77. The Bertz CT molecular complexity index is 1430. The Balaban J connectivity index is 1.70. The van der Waals surface area contributed by atoms with Crippen LogP contribution in [0.4, 0.5) is 5.69 Å². The predicted octanol–water partition coefficient (Wildman–Crippen LogP) is 6.88. The molecule has 1 unspecified atom stereocenters. The summed E-state index contributed by atoms with van der Waals surface area (Å²) in [5.74, 6) is 0.331. The van der Waals surface area contributed by atoms with Crippen molar-refractivity contribution < 1.29 is 18.7 Å². The largest absolute Gasteiger partial charge is 0.494 e. The zero-order valence-electron chi connectivity index (χ0n) is 19.4. The van der Waals surface area contributed by atoms with Crippen molar-refractivity contribution in [2.45, 2.75) is 26.9 Å². The van der Waals surface area contributed by atoms with E-state index in [-0.39, 0.29) is 32.5 Å². The van der Waals surface area contributed by atoms with E-state index in [2.05, 4.69) is 5.32 Å². The molecule has 0 aliphatic heterocycles. The van der Waals surface area contributed by atoms with Crippen LogP contribution in [0, 0.1) is 6.92 Å². The van der Waals surface area contributed by atoms with Crippen molar-refractivity contribution in [2.75, 3.05) is 11.9 Å². The lowest BCUT2D eigenvalue weighted by Gasteiger charge is -2.17. The number of amides is 1. The van der Waals surface area contributed by atoms with Crippen LogP contribution in [-0.4, -0.2) is 18.6 Å². The number of aryl methyl sites for hydroxylation is 1. The molecule has 0 spiro atoms. The molecular weight excluding hydrogens is 489 g/mol. The average Bonchev–Trinajstić information content (AvgIpc) is 2.83. The van der Waals surface area contributed by atoms with Gasteiger partial charge in [-0.25, -0.2) is 0 Å². The van der Waals surface area contributed by atoms with Crippen LogP contribution >= 0.6 is 23.2 Å². The van der Waals surface area contributed by atoms with Gasteiger partial charge in [0, 0.05) is 16.3 Å². The van der Waals surface area contributed by atoms with Gasteiger partial charge in [0.2, 0.25) is 11.2 Å². The summed E-state index contributed by atoms with van der Waals surface area (Å²) in [5, 5.41) is 3.42. The SMILES string of the molecule is CCOc1ccc(NC(=O)C(C)Oc2c(-c3ccc(C)cc3)oc3c(Cl)cc(Cl)cc3c2=O)cc1. The molecule has 1 N–H and O–H groups in total. The molecule has 3 aromatic carbocycles. The van der Waals surface area contributed by atoms with E-state index in [0.717, 1.165) is 5.56 Å². The van der Waals surface area contributed by atoms with Crippen LogP contribution in [0.25, 0.3) is 22.3 Å². The van der Waals surface area contributed by atoms with E-state index in [9.17, 15) is 9.59 Å². The van der Waals surface area contributed by atoms with Gasteiger partial charge in [0.25, 0.3) is 5.91 Å². The van der Waals surface area contributed by atoms with E-state index in [0.29, 0.717) is 23.6 Å². The Morgan fingerprint density at radius 2 is 1.74 bits per heavy atom. The van der Waals surface area contributed by atoms with Gasteiger partial charge in [-0.3, -0.25) is 9.59 Å². The van der Waals surface area contributed by atoms with Crippen molar-refractivity contribution in [3.8, 4) is 22.8 Å². The number of ether oxygens (including phenoxy) is 2. The zero-order valence-corrected chi connectivity index (χ0v) is 20.9. The highest BCUT2D eigenvalue weighted by Gasteiger charge is 2.24. The van der Waals surface area contributed by atoms with Crippen LogP contribution < -0.4 is 20.2 Å². The number of nitrogens with one attached hydrogen (secondary N) is 1. The minimum Gasteiger partial charge on any atom is -0.494 e. The highest BCUT2D eigenvalue weighted by Crippen LogP contribution is 2.35. The van der Waals surface area contributed by atoms with E-state index in [1.807, 2.05) is 26.0 Å². The fraction of sp³-hybridized carbons (Fsp3) is 0.185. The number of carbonyl (C=O) groups excluding carboxylic acids is 1. The van der Waals surface area contributed by atoms with Gasteiger partial charge < -0.3 is 19.2 Å². The average molecular weight is 512 g/mol. The minimum atomic E-state index is -1.01. The van der Waals surface area contributed by atoms with E-state index in [1.165, 1.54) is 12.1 Å². The lowest BCUT2D eigenvalue weighted by Crippen LogP contribution is -2.31. The minimum absolute atomic E-state index is 0.103. The number of anilines is 1. The van der Waals surface area contributed by atoms with E-state index < -0.39 is 17.4 Å². The topological polar surface area (TPSA) is 77.8 Å². The molecule has 35 heavy (non-hydrogen) atoms. The molecule has 0 fully saturated rings. The molecule has 1 heterocycles. The molecule has 0 saturated carbocycles. The first kappa shape index (κ1) is 24.6. The van der Waals surface area contributed by atoms with E-state index >= 15 is 0 Å². The highest BCUT2D eigenvalue weighted by atomic mass is 35.5. The first-order valence-electron chi connectivity index (χ1n) is 11.0. The maximum Gasteiger partial charge on any atom is 0.265 e. The van der Waals surface area contributed by atoms with Gasteiger partial charge in [-0.2, -0.15) is 0 Å². The van der Waals surface area contributed by atoms with Crippen molar-refractivity contribution in [3.05, 3.63) is 86.5 Å². The normalized spacial score (nSPS) is 11.8. The van der Waals surface area contributed by atoms with Crippen molar-refractivity contribution in [2.24, 2.45) is 0 Å². The summed E-state index contributed by atoms with van der Waals surface area (Å²) in [7, 11) is 0. The summed E-state index contributed by atoms with van der Waals surface area (Å²) in [5.41, 5.74) is 1.92. The number of benzene rings is 3. The molecule has 4 aromatic rings. The molecule has 0 aliphatic carbocycles. The number of hydrogen-bond acceptors (Lipinski definition) is 5. The van der Waals surface area contributed by atoms with Crippen LogP contribution in [-0.2, 0) is 4.79 Å². The van der Waals surface area contributed by atoms with E-state index in [4.69, 9.17) is 37.1 Å². The van der Waals surface area contributed by atoms with Gasteiger partial charge in [0.05, 0.1) is 17.0 Å². The Morgan fingerprint density at radius 1 is 1.06 bits per heavy atom. The van der Waals surface area contributed by atoms with E-state index in [1.54, 1.807) is 43.3 Å². The fourth-order valence-electron chi connectivity index (χ4n) is 3.48. The molecule has 0 radical (unpaired) electrons. The summed E-state index contributed by atoms with van der Waals surface area (Å²) in [6.07, 6.45) is -1.01. The molecular formula is C27H23Cl2NO5. The lowest BCUT2D eigenvalue weighted by atomic mass is 10.1. The Kier molecular flexibility index (Phi) is 7.34. The third-order valence-corrected chi connectivity index (χ3v) is 5.78. The molecule has 1 atom stereocenters. The van der Waals surface area contributed by atoms with Gasteiger partial charge in [-0.15, -0.1) is 0 Å². The Morgan fingerprint density at radius 3 is 2.40 bits per heavy atom. The Labute approximate surface area is 212 Å². The molecule has 1 aromatic heterocycles. The number of fused-ring (bicyclic) bond motifs is 1. The lowest BCUT2D eigenvalue weighted by molar-refractivity contribution is -0.122. The number of rotatable bonds is 7. The molecule has 1 amide bonds. The number of hydrogen-bond donors (Lipinski definition) is 1. The smallest absolute Gasteiger partial charge is 0.265 e. The first-order chi connectivity index (χ1) is 16.8. The monoisotopic (exact) mass is 511 g/mol. The van der Waals surface area contributed by atoms with Crippen LogP contribution in [0.1, 0.15) is 19.4 Å². The summed E-state index contributed by atoms with van der Waals surface area (Å²) in [6, 6.07) is 17.3. The summed E-state index contributed by atoms with van der Waals surface area (Å²) in [4.78, 5) is 26.3. The predicted molar refractivity (Wildman–Crippen MR) is 139 cm³/mol. The summed E-state index contributed by atoms with van der Waals surface area (Å²) < 4.78 is 17.4. The van der Waals surface area contributed by atoms with Gasteiger partial charge in [0.1, 0.15) is 5.75 Å². The third kappa shape index (κ3) is 5.45. The van der Waals surface area contributed by atoms with Gasteiger partial charge in [-0.05, 0) is 57.2 Å². The fourth-order valence-corrected chi connectivity index (χ4v) is 4.02. The number of halogens is 2. The van der Waals surface area contributed by atoms with Crippen molar-refractivity contribution in [1.29, 1.82) is 0 Å². The first-order valence-corrected chi connectivity index (χ1v) is 11.8. The standard InChI is InChI=1S/C27H23Cl2NO5/c1-4-33-20-11-9-19(10-12-20)30-27(32)16(3)34-26-23(31)21-13-18(28)14-22(29)25(21)35-24(26)17-7-5-15(2)6-8-17/h5-14,16H,4H2,1-3H3,(H,30,32). The molecule has 0 aliphatic rings. The maximum absolute atomic E-state index is 13.5. The van der Waals surface area contributed by atoms with Crippen LogP contribution in [0.3, 0.4) is 0 Å². The molecule has 4 rings (SSSR count). The molecule has 8 heteroatoms. The number of carbonyl (C=O) groups is 1. The molecule has 6 nitrogen and oxygen atoms in total.